The number of piperidine rings is 2. The highest BCUT2D eigenvalue weighted by atomic mass is 16.6. The van der Waals surface area contributed by atoms with Crippen molar-refractivity contribution in [2.75, 3.05) is 32.7 Å². The number of rotatable bonds is 5. The van der Waals surface area contributed by atoms with E-state index in [1.807, 2.05) is 0 Å². The Labute approximate surface area is 162 Å². The molecule has 0 aromatic heterocycles. The van der Waals surface area contributed by atoms with Gasteiger partial charge in [-0.1, -0.05) is 19.3 Å². The molecule has 4 N–H and O–H groups in total. The van der Waals surface area contributed by atoms with Crippen molar-refractivity contribution in [3.05, 3.63) is 0 Å². The second-order valence-corrected chi connectivity index (χ2v) is 8.22. The third-order valence-electron chi connectivity index (χ3n) is 6.22. The molecular formula is C20H37N3O4. The Morgan fingerprint density at radius 2 is 1.52 bits per heavy atom. The molecule has 27 heavy (non-hydrogen) atoms. The van der Waals surface area contributed by atoms with Gasteiger partial charge in [0, 0.05) is 12.0 Å². The molecule has 0 atom stereocenters. The normalized spacial score (nSPS) is 23.3. The zero-order valence-corrected chi connectivity index (χ0v) is 16.5. The van der Waals surface area contributed by atoms with Crippen molar-refractivity contribution in [3.63, 3.8) is 0 Å². The Balaban J connectivity index is 0.000000596. The highest BCUT2D eigenvalue weighted by Gasteiger charge is 2.27. The van der Waals surface area contributed by atoms with Crippen LogP contribution in [-0.4, -0.2) is 65.9 Å². The van der Waals surface area contributed by atoms with Gasteiger partial charge in [0.15, 0.2) is 0 Å². The zero-order valence-electron chi connectivity index (χ0n) is 16.5. The van der Waals surface area contributed by atoms with Crippen molar-refractivity contribution in [1.82, 2.24) is 15.5 Å². The summed E-state index contributed by atoms with van der Waals surface area (Å²) >= 11 is 0. The minimum absolute atomic E-state index is 0.270. The molecule has 0 unspecified atom stereocenters. The number of amides is 1. The summed E-state index contributed by atoms with van der Waals surface area (Å²) in [5.41, 5.74) is 0. The lowest BCUT2D eigenvalue weighted by atomic mass is 9.91. The fraction of sp³-hybridized carbons (Fsp3) is 0.900. The minimum Gasteiger partial charge on any atom is -0.450 e. The number of likely N-dealkylation sites (tertiary alicyclic amines) is 1. The van der Waals surface area contributed by atoms with Gasteiger partial charge < -0.3 is 25.7 Å². The Kier molecular flexibility index (Phi) is 9.91. The van der Waals surface area contributed by atoms with Crippen molar-refractivity contribution in [3.8, 4) is 0 Å². The van der Waals surface area contributed by atoms with Gasteiger partial charge in [-0.2, -0.15) is 0 Å². The molecule has 3 fully saturated rings. The van der Waals surface area contributed by atoms with Gasteiger partial charge in [-0.05, 0) is 83.6 Å². The van der Waals surface area contributed by atoms with Crippen LogP contribution in [-0.2, 0) is 4.79 Å². The van der Waals surface area contributed by atoms with E-state index >= 15 is 0 Å². The van der Waals surface area contributed by atoms with Crippen molar-refractivity contribution >= 4 is 12.1 Å². The number of carbonyl (C=O) groups excluding carboxylic acids is 1. The van der Waals surface area contributed by atoms with E-state index in [9.17, 15) is 4.79 Å². The molecular weight excluding hydrogens is 346 g/mol. The third kappa shape index (κ3) is 8.93. The summed E-state index contributed by atoms with van der Waals surface area (Å²) in [7, 11) is 0. The summed E-state index contributed by atoms with van der Waals surface area (Å²) in [5.74, 6) is 1.53. The molecule has 2 saturated heterocycles. The molecule has 0 radical (unpaired) electrons. The van der Waals surface area contributed by atoms with Crippen LogP contribution in [0.4, 0.5) is 4.79 Å². The molecule has 2 heterocycles. The molecule has 0 bridgehead atoms. The maximum Gasteiger partial charge on any atom is 0.503 e. The number of nitrogens with zero attached hydrogens (tertiary/aromatic N) is 1. The third-order valence-corrected chi connectivity index (χ3v) is 6.22. The average Bonchev–Trinajstić information content (AvgIpc) is 2.68. The first kappa shape index (κ1) is 22.0. The van der Waals surface area contributed by atoms with Crippen LogP contribution in [0.2, 0.25) is 0 Å². The molecule has 7 nitrogen and oxygen atoms in total. The van der Waals surface area contributed by atoms with E-state index in [0.717, 1.165) is 31.8 Å². The molecule has 1 saturated carbocycles. The number of carbonyl (C=O) groups is 2. The lowest BCUT2D eigenvalue weighted by Crippen LogP contribution is -2.44. The van der Waals surface area contributed by atoms with Crippen LogP contribution in [0.1, 0.15) is 64.2 Å². The van der Waals surface area contributed by atoms with Gasteiger partial charge in [-0.25, -0.2) is 4.79 Å². The van der Waals surface area contributed by atoms with Crippen molar-refractivity contribution < 1.29 is 19.8 Å². The van der Waals surface area contributed by atoms with Crippen molar-refractivity contribution in [2.24, 2.45) is 11.8 Å². The molecule has 1 aliphatic carbocycles. The maximum absolute atomic E-state index is 12.4. The van der Waals surface area contributed by atoms with Gasteiger partial charge in [0.2, 0.25) is 5.91 Å². The first-order valence-electron chi connectivity index (χ1n) is 10.7. The quantitative estimate of drug-likeness (QED) is 0.582. The van der Waals surface area contributed by atoms with Crippen LogP contribution in [0.25, 0.3) is 0 Å². The predicted octanol–water partition coefficient (Wildman–Crippen LogP) is 2.76. The molecule has 156 valence electrons. The fourth-order valence-electron chi connectivity index (χ4n) is 4.52. The number of carboxylic acid groups (broad SMARTS) is 2. The standard InChI is InChI=1S/C19H35N3O.CH2O3/c23-19(21-18-4-2-1-3-5-18)17-9-14-22(15-10-17)13-8-16-6-11-20-12-7-16;2-1(3)4/h16-18,20H,1-15H2,(H,21,23);(H2,2,3,4). The maximum atomic E-state index is 12.4. The van der Waals surface area contributed by atoms with E-state index in [1.54, 1.807) is 0 Å². The minimum atomic E-state index is -1.83. The van der Waals surface area contributed by atoms with Crippen molar-refractivity contribution in [1.29, 1.82) is 0 Å². The monoisotopic (exact) mass is 383 g/mol. The zero-order chi connectivity index (χ0) is 19.5. The lowest BCUT2D eigenvalue weighted by molar-refractivity contribution is -0.127. The van der Waals surface area contributed by atoms with Gasteiger partial charge >= 0.3 is 6.16 Å². The first-order chi connectivity index (χ1) is 13.0. The van der Waals surface area contributed by atoms with Crippen LogP contribution in [0.3, 0.4) is 0 Å². The Morgan fingerprint density at radius 1 is 0.926 bits per heavy atom. The summed E-state index contributed by atoms with van der Waals surface area (Å²) in [6.45, 7) is 5.88. The number of hydrogen-bond acceptors (Lipinski definition) is 4. The van der Waals surface area contributed by atoms with Gasteiger partial charge in [0.25, 0.3) is 0 Å². The summed E-state index contributed by atoms with van der Waals surface area (Å²) in [4.78, 5) is 23.6. The SMILES string of the molecule is O=C(NC1CCCCC1)C1CCN(CCC2CCNCC2)CC1.O=C(O)O. The molecule has 0 aromatic carbocycles. The topological polar surface area (TPSA) is 102 Å². The lowest BCUT2D eigenvalue weighted by Gasteiger charge is -2.34. The highest BCUT2D eigenvalue weighted by molar-refractivity contribution is 5.79. The largest absolute Gasteiger partial charge is 0.503 e. The Morgan fingerprint density at radius 3 is 2.11 bits per heavy atom. The van der Waals surface area contributed by atoms with Crippen molar-refractivity contribution in [2.45, 2.75) is 70.3 Å². The van der Waals surface area contributed by atoms with Gasteiger partial charge in [-0.3, -0.25) is 4.79 Å². The van der Waals surface area contributed by atoms with Crippen LogP contribution >= 0.6 is 0 Å². The molecule has 1 amide bonds. The first-order valence-corrected chi connectivity index (χ1v) is 10.7. The van der Waals surface area contributed by atoms with Crippen LogP contribution in [0.5, 0.6) is 0 Å². The van der Waals surface area contributed by atoms with E-state index in [1.165, 1.54) is 71.0 Å². The molecule has 3 aliphatic rings. The summed E-state index contributed by atoms with van der Waals surface area (Å²) in [5, 5.41) is 20.7. The molecule has 3 rings (SSSR count). The second kappa shape index (κ2) is 12.2. The van der Waals surface area contributed by atoms with Gasteiger partial charge in [-0.15, -0.1) is 0 Å². The molecule has 0 spiro atoms. The van der Waals surface area contributed by atoms with Crippen LogP contribution in [0.15, 0.2) is 0 Å². The van der Waals surface area contributed by atoms with E-state index in [0.29, 0.717) is 11.9 Å². The molecule has 2 aliphatic heterocycles. The van der Waals surface area contributed by atoms with E-state index in [-0.39, 0.29) is 5.92 Å². The summed E-state index contributed by atoms with van der Waals surface area (Å²) < 4.78 is 0. The number of hydrogen-bond donors (Lipinski definition) is 4. The predicted molar refractivity (Wildman–Crippen MR) is 105 cm³/mol. The van der Waals surface area contributed by atoms with E-state index < -0.39 is 6.16 Å². The second-order valence-electron chi connectivity index (χ2n) is 8.22. The molecule has 0 aromatic rings. The van der Waals surface area contributed by atoms with Gasteiger partial charge in [0.05, 0.1) is 0 Å². The molecule has 7 heteroatoms. The number of nitrogens with one attached hydrogen (secondary N) is 2. The smallest absolute Gasteiger partial charge is 0.450 e. The average molecular weight is 384 g/mol. The Hall–Kier alpha value is -1.34. The van der Waals surface area contributed by atoms with E-state index in [4.69, 9.17) is 15.0 Å². The summed E-state index contributed by atoms with van der Waals surface area (Å²) in [6, 6.07) is 0.467. The highest BCUT2D eigenvalue weighted by Crippen LogP contribution is 2.22. The fourth-order valence-corrected chi connectivity index (χ4v) is 4.52. The van der Waals surface area contributed by atoms with Crippen LogP contribution < -0.4 is 10.6 Å². The Bertz CT molecular complexity index is 437. The summed E-state index contributed by atoms with van der Waals surface area (Å²) in [6.07, 6.45) is 10.7. The van der Waals surface area contributed by atoms with E-state index in [2.05, 4.69) is 15.5 Å². The van der Waals surface area contributed by atoms with Gasteiger partial charge in [0.1, 0.15) is 0 Å². The van der Waals surface area contributed by atoms with Crippen LogP contribution in [0, 0.1) is 11.8 Å².